The average molecular weight is 331 g/mol. The molecule has 0 unspecified atom stereocenters. The Kier molecular flexibility index (Phi) is 4.31. The van der Waals surface area contributed by atoms with Crippen LogP contribution in [-0.4, -0.2) is 21.8 Å². The Morgan fingerprint density at radius 2 is 2.22 bits per heavy atom. The third kappa shape index (κ3) is 3.06. The molecule has 0 aliphatic rings. The number of aryl methyl sites for hydroxylation is 1. The predicted octanol–water partition coefficient (Wildman–Crippen LogP) is 2.11. The maximum Gasteiger partial charge on any atom is 0.307 e. The van der Waals surface area contributed by atoms with Gasteiger partial charge in [0.2, 0.25) is 5.88 Å². The van der Waals surface area contributed by atoms with Crippen molar-refractivity contribution in [3.63, 3.8) is 0 Å². The molecule has 120 valence electrons. The van der Waals surface area contributed by atoms with Crippen molar-refractivity contribution >= 4 is 27.2 Å². The lowest BCUT2D eigenvalue weighted by atomic mass is 10.2. The van der Waals surface area contributed by atoms with Gasteiger partial charge in [-0.05, 0) is 23.8 Å². The highest BCUT2D eigenvalue weighted by Gasteiger charge is 2.07. The number of thiazole rings is 1. The van der Waals surface area contributed by atoms with Gasteiger partial charge in [-0.2, -0.15) is 0 Å². The largest absolute Gasteiger partial charge is 0.481 e. The second-order valence-corrected chi connectivity index (χ2v) is 6.13. The molecule has 0 aliphatic heterocycles. The van der Waals surface area contributed by atoms with Crippen LogP contribution >= 0.6 is 11.3 Å². The number of aromatic nitrogens is 2. The molecular formula is C16H17N3O3S. The number of aliphatic hydroxyl groups is 1. The Hall–Kier alpha value is -2.38. The molecule has 0 atom stereocenters. The molecule has 6 nitrogen and oxygen atoms in total. The van der Waals surface area contributed by atoms with E-state index in [4.69, 9.17) is 4.74 Å². The van der Waals surface area contributed by atoms with E-state index in [1.165, 1.54) is 18.4 Å². The quantitative estimate of drug-likeness (QED) is 0.749. The molecule has 1 aromatic carbocycles. The van der Waals surface area contributed by atoms with E-state index >= 15 is 0 Å². The summed E-state index contributed by atoms with van der Waals surface area (Å²) in [5.74, 6) is 0.425. The fourth-order valence-corrected chi connectivity index (χ4v) is 3.33. The second kappa shape index (κ2) is 6.39. The van der Waals surface area contributed by atoms with E-state index in [2.05, 4.69) is 10.3 Å². The van der Waals surface area contributed by atoms with Crippen molar-refractivity contribution in [2.24, 2.45) is 7.05 Å². The van der Waals surface area contributed by atoms with Crippen molar-refractivity contribution in [3.8, 4) is 5.88 Å². The molecule has 0 aliphatic carbocycles. The van der Waals surface area contributed by atoms with Gasteiger partial charge >= 0.3 is 4.87 Å². The summed E-state index contributed by atoms with van der Waals surface area (Å²) >= 11 is 1.24. The summed E-state index contributed by atoms with van der Waals surface area (Å²) in [5, 5.41) is 12.6. The Balaban J connectivity index is 1.79. The van der Waals surface area contributed by atoms with Gasteiger partial charge in [-0.15, -0.1) is 0 Å². The topological polar surface area (TPSA) is 76.4 Å². The van der Waals surface area contributed by atoms with Gasteiger partial charge in [0.1, 0.15) is 0 Å². The van der Waals surface area contributed by atoms with Crippen LogP contribution in [-0.2, 0) is 20.2 Å². The lowest BCUT2D eigenvalue weighted by Gasteiger charge is -2.10. The number of fused-ring (bicyclic) bond motifs is 1. The first-order valence-electron chi connectivity index (χ1n) is 7.08. The van der Waals surface area contributed by atoms with E-state index in [1.807, 2.05) is 24.3 Å². The number of hydrogen-bond acceptors (Lipinski definition) is 6. The first kappa shape index (κ1) is 15.5. The van der Waals surface area contributed by atoms with Crippen LogP contribution in [0.5, 0.6) is 5.88 Å². The van der Waals surface area contributed by atoms with Crippen molar-refractivity contribution in [2.75, 3.05) is 12.4 Å². The lowest BCUT2D eigenvalue weighted by Crippen LogP contribution is -2.06. The smallest absolute Gasteiger partial charge is 0.307 e. The van der Waals surface area contributed by atoms with E-state index in [1.54, 1.807) is 17.8 Å². The van der Waals surface area contributed by atoms with Gasteiger partial charge in [0, 0.05) is 19.2 Å². The highest BCUT2D eigenvalue weighted by Crippen LogP contribution is 2.21. The monoisotopic (exact) mass is 331 g/mol. The normalized spacial score (nSPS) is 10.9. The number of ether oxygens (including phenoxy) is 1. The molecule has 2 N–H and O–H groups in total. The molecule has 0 amide bonds. The molecule has 3 aromatic rings. The van der Waals surface area contributed by atoms with E-state index in [-0.39, 0.29) is 11.5 Å². The van der Waals surface area contributed by atoms with E-state index in [0.29, 0.717) is 18.0 Å². The lowest BCUT2D eigenvalue weighted by molar-refractivity contribution is 0.271. The van der Waals surface area contributed by atoms with Gasteiger partial charge in [0.05, 0.1) is 35.8 Å². The van der Waals surface area contributed by atoms with Gasteiger partial charge in [0.15, 0.2) is 0 Å². The number of nitrogens with zero attached hydrogens (tertiary/aromatic N) is 2. The maximum absolute atomic E-state index is 11.7. The molecule has 2 aromatic heterocycles. The van der Waals surface area contributed by atoms with Crippen molar-refractivity contribution in [1.29, 1.82) is 0 Å². The summed E-state index contributed by atoms with van der Waals surface area (Å²) in [6, 6.07) is 7.77. The van der Waals surface area contributed by atoms with Gasteiger partial charge in [0.25, 0.3) is 0 Å². The summed E-state index contributed by atoms with van der Waals surface area (Å²) in [6.07, 6.45) is 1.66. The zero-order chi connectivity index (χ0) is 16.4. The summed E-state index contributed by atoms with van der Waals surface area (Å²) in [6.45, 7) is 0.472. The molecule has 0 bridgehead atoms. The summed E-state index contributed by atoms with van der Waals surface area (Å²) < 4.78 is 7.71. The number of nitrogens with one attached hydrogen (secondary N) is 1. The van der Waals surface area contributed by atoms with E-state index in [9.17, 15) is 9.90 Å². The average Bonchev–Trinajstić information content (AvgIpc) is 2.86. The summed E-state index contributed by atoms with van der Waals surface area (Å²) in [5.41, 5.74) is 3.45. The van der Waals surface area contributed by atoms with Gasteiger partial charge < -0.3 is 19.7 Å². The molecule has 2 heterocycles. The third-order valence-corrected chi connectivity index (χ3v) is 4.64. The molecule has 0 radical (unpaired) electrons. The molecule has 0 spiro atoms. The van der Waals surface area contributed by atoms with Gasteiger partial charge in [-0.3, -0.25) is 4.79 Å². The number of hydrogen-bond donors (Lipinski definition) is 2. The SMILES string of the molecule is COc1ncc(NCc2ccc3c(c2)sc(=O)n3C)cc1CO. The van der Waals surface area contributed by atoms with Gasteiger partial charge in [-0.25, -0.2) is 4.98 Å². The third-order valence-electron chi connectivity index (χ3n) is 3.64. The number of benzene rings is 1. The van der Waals surface area contributed by atoms with Crippen LogP contribution < -0.4 is 14.9 Å². The van der Waals surface area contributed by atoms with Crippen LogP contribution in [0.2, 0.25) is 0 Å². The zero-order valence-electron chi connectivity index (χ0n) is 12.9. The van der Waals surface area contributed by atoms with Crippen LogP contribution in [0.1, 0.15) is 11.1 Å². The molecule has 7 heteroatoms. The van der Waals surface area contributed by atoms with E-state index < -0.39 is 0 Å². The minimum absolute atomic E-state index is 0.0389. The van der Waals surface area contributed by atoms with E-state index in [0.717, 1.165) is 21.5 Å². The molecule has 0 saturated heterocycles. The Bertz CT molecular complexity index is 901. The molecule has 3 rings (SSSR count). The molecular weight excluding hydrogens is 314 g/mol. The summed E-state index contributed by atoms with van der Waals surface area (Å²) in [4.78, 5) is 15.9. The maximum atomic E-state index is 11.7. The number of pyridine rings is 1. The van der Waals surface area contributed by atoms with Crippen molar-refractivity contribution in [3.05, 3.63) is 51.3 Å². The number of rotatable bonds is 5. The van der Waals surface area contributed by atoms with Crippen molar-refractivity contribution < 1.29 is 9.84 Å². The fourth-order valence-electron chi connectivity index (χ4n) is 2.38. The minimum atomic E-state index is -0.129. The molecule has 0 fully saturated rings. The first-order chi connectivity index (χ1) is 11.1. The molecule has 23 heavy (non-hydrogen) atoms. The highest BCUT2D eigenvalue weighted by molar-refractivity contribution is 7.16. The second-order valence-electron chi connectivity index (χ2n) is 5.13. The zero-order valence-corrected chi connectivity index (χ0v) is 13.7. The van der Waals surface area contributed by atoms with Crippen molar-refractivity contribution in [1.82, 2.24) is 9.55 Å². The standard InChI is InChI=1S/C16H17N3O3S/c1-19-13-4-3-10(5-14(13)23-16(19)21)7-17-12-6-11(9-20)15(22-2)18-8-12/h3-6,8,17,20H,7,9H2,1-2H3. The highest BCUT2D eigenvalue weighted by atomic mass is 32.1. The Morgan fingerprint density at radius 1 is 1.39 bits per heavy atom. The van der Waals surface area contributed by atoms with Crippen molar-refractivity contribution in [2.45, 2.75) is 13.2 Å². The Labute approximate surface area is 137 Å². The van der Waals surface area contributed by atoms with Crippen LogP contribution in [0.4, 0.5) is 5.69 Å². The number of aliphatic hydroxyl groups excluding tert-OH is 1. The molecule has 0 saturated carbocycles. The van der Waals surface area contributed by atoms with Crippen LogP contribution in [0.25, 0.3) is 10.2 Å². The number of methoxy groups -OCH3 is 1. The Morgan fingerprint density at radius 3 is 2.96 bits per heavy atom. The van der Waals surface area contributed by atoms with Crippen LogP contribution in [0.3, 0.4) is 0 Å². The first-order valence-corrected chi connectivity index (χ1v) is 7.90. The van der Waals surface area contributed by atoms with Crippen LogP contribution in [0.15, 0.2) is 35.3 Å². The fraction of sp³-hybridized carbons (Fsp3) is 0.250. The minimum Gasteiger partial charge on any atom is -0.481 e. The summed E-state index contributed by atoms with van der Waals surface area (Å²) in [7, 11) is 3.30. The van der Waals surface area contributed by atoms with Gasteiger partial charge in [-0.1, -0.05) is 17.4 Å². The number of anilines is 1. The predicted molar refractivity (Wildman–Crippen MR) is 91.1 cm³/mol. The van der Waals surface area contributed by atoms with Crippen LogP contribution in [0, 0.1) is 0 Å².